The molecule has 0 aliphatic carbocycles. The molecule has 0 aromatic heterocycles. The maximum atomic E-state index is 11.3. The fourth-order valence-corrected chi connectivity index (χ4v) is 2.48. The van der Waals surface area contributed by atoms with Crippen LogP contribution in [0.25, 0.3) is 0 Å². The van der Waals surface area contributed by atoms with E-state index in [1.807, 2.05) is 30.3 Å². The predicted molar refractivity (Wildman–Crippen MR) is 67.1 cm³/mol. The predicted octanol–water partition coefficient (Wildman–Crippen LogP) is 0.411. The quantitative estimate of drug-likeness (QED) is 0.804. The summed E-state index contributed by atoms with van der Waals surface area (Å²) in [7, 11) is 0. The Hall–Kier alpha value is -2.05. The number of nitrogens with zero attached hydrogens (tertiary/aromatic N) is 2. The fraction of sp³-hybridized carbons (Fsp3) is 0.308. The lowest BCUT2D eigenvalue weighted by molar-refractivity contribution is -0.133. The molecule has 0 saturated carbocycles. The van der Waals surface area contributed by atoms with Crippen LogP contribution in [0.3, 0.4) is 0 Å². The Labute approximate surface area is 110 Å². The Morgan fingerprint density at radius 1 is 1.32 bits per heavy atom. The fourth-order valence-electron chi connectivity index (χ4n) is 2.48. The van der Waals surface area contributed by atoms with Crippen molar-refractivity contribution in [3.63, 3.8) is 0 Å². The Morgan fingerprint density at radius 3 is 2.74 bits per heavy atom. The summed E-state index contributed by atoms with van der Waals surface area (Å²) in [6.07, 6.45) is -1.18. The van der Waals surface area contributed by atoms with Gasteiger partial charge >= 0.3 is 5.97 Å². The number of benzene rings is 1. The van der Waals surface area contributed by atoms with Gasteiger partial charge in [0.2, 0.25) is 0 Å². The molecule has 1 saturated heterocycles. The van der Waals surface area contributed by atoms with E-state index in [1.165, 1.54) is 0 Å². The first-order valence-electron chi connectivity index (χ1n) is 6.04. The molecule has 3 rings (SSSR count). The van der Waals surface area contributed by atoms with Crippen molar-refractivity contribution in [2.24, 2.45) is 0 Å². The minimum atomic E-state index is -1.18. The van der Waals surface area contributed by atoms with Crippen molar-refractivity contribution in [3.8, 4) is 0 Å². The third-order valence-electron chi connectivity index (χ3n) is 3.31. The van der Waals surface area contributed by atoms with Crippen LogP contribution in [-0.4, -0.2) is 47.2 Å². The number of rotatable bonds is 2. The highest BCUT2D eigenvalue weighted by molar-refractivity contribution is 5.90. The van der Waals surface area contributed by atoms with Crippen LogP contribution in [0.5, 0.6) is 0 Å². The van der Waals surface area contributed by atoms with E-state index in [-0.39, 0.29) is 12.2 Å². The van der Waals surface area contributed by atoms with Gasteiger partial charge in [-0.1, -0.05) is 18.2 Å². The van der Waals surface area contributed by atoms with Gasteiger partial charge in [0.25, 0.3) is 0 Å². The highest BCUT2D eigenvalue weighted by Crippen LogP contribution is 2.34. The van der Waals surface area contributed by atoms with Crippen LogP contribution in [0.2, 0.25) is 0 Å². The van der Waals surface area contributed by atoms with Crippen molar-refractivity contribution in [1.29, 1.82) is 0 Å². The van der Waals surface area contributed by atoms with Crippen LogP contribution in [-0.2, 0) is 9.53 Å². The second-order valence-electron chi connectivity index (χ2n) is 4.40. The number of aliphatic carboxylic acids is 1. The molecule has 2 N–H and O–H groups in total. The van der Waals surface area contributed by atoms with Gasteiger partial charge in [-0.05, 0) is 12.1 Å². The number of fused-ring (bicyclic) bond motifs is 1. The zero-order valence-corrected chi connectivity index (χ0v) is 10.2. The molecule has 0 amide bonds. The molecule has 1 unspecified atom stereocenters. The molecular weight excluding hydrogens is 248 g/mol. The van der Waals surface area contributed by atoms with Crippen LogP contribution in [0.1, 0.15) is 0 Å². The number of hydrazine groups is 1. The van der Waals surface area contributed by atoms with Gasteiger partial charge in [0.15, 0.2) is 6.23 Å². The topological polar surface area (TPSA) is 73.2 Å². The van der Waals surface area contributed by atoms with Gasteiger partial charge in [-0.15, -0.1) is 0 Å². The van der Waals surface area contributed by atoms with Crippen LogP contribution >= 0.6 is 0 Å². The molecule has 0 radical (unpaired) electrons. The minimum Gasteiger partial charge on any atom is -0.478 e. The van der Waals surface area contributed by atoms with Crippen molar-refractivity contribution in [3.05, 3.63) is 41.6 Å². The maximum absolute atomic E-state index is 11.3. The first-order chi connectivity index (χ1) is 9.20. The lowest BCUT2D eigenvalue weighted by atomic mass is 10.2. The van der Waals surface area contributed by atoms with Gasteiger partial charge in [-0.3, -0.25) is 10.0 Å². The summed E-state index contributed by atoms with van der Waals surface area (Å²) < 4.78 is 5.30. The monoisotopic (exact) mass is 262 g/mol. The molecule has 0 bridgehead atoms. The molecular formula is C13H14N2O4. The van der Waals surface area contributed by atoms with E-state index in [0.29, 0.717) is 18.8 Å². The molecule has 1 aromatic rings. The number of anilines is 1. The second kappa shape index (κ2) is 4.56. The molecule has 6 heteroatoms. The van der Waals surface area contributed by atoms with Crippen LogP contribution in [0.15, 0.2) is 41.6 Å². The number of carboxylic acid groups (broad SMARTS) is 1. The molecule has 2 heterocycles. The average Bonchev–Trinajstić information content (AvgIpc) is 2.71. The molecule has 19 heavy (non-hydrogen) atoms. The van der Waals surface area contributed by atoms with Crippen molar-refractivity contribution >= 4 is 11.7 Å². The zero-order chi connectivity index (χ0) is 13.4. The van der Waals surface area contributed by atoms with E-state index in [0.717, 1.165) is 5.69 Å². The summed E-state index contributed by atoms with van der Waals surface area (Å²) in [6, 6.07) is 9.24. The van der Waals surface area contributed by atoms with Gasteiger partial charge in [-0.2, -0.15) is 0 Å². The summed E-state index contributed by atoms with van der Waals surface area (Å²) >= 11 is 0. The first-order valence-corrected chi connectivity index (χ1v) is 6.04. The summed E-state index contributed by atoms with van der Waals surface area (Å²) in [5.41, 5.74) is 1.27. The maximum Gasteiger partial charge on any atom is 0.338 e. The Kier molecular flexibility index (Phi) is 2.88. The third kappa shape index (κ3) is 1.85. The van der Waals surface area contributed by atoms with Crippen molar-refractivity contribution in [2.45, 2.75) is 6.23 Å². The molecule has 6 nitrogen and oxygen atoms in total. The normalized spacial score (nSPS) is 22.7. The van der Waals surface area contributed by atoms with Crippen LogP contribution in [0.4, 0.5) is 5.69 Å². The summed E-state index contributed by atoms with van der Waals surface area (Å²) in [5, 5.41) is 22.9. The highest BCUT2D eigenvalue weighted by atomic mass is 16.5. The van der Waals surface area contributed by atoms with Crippen molar-refractivity contribution in [2.75, 3.05) is 24.8 Å². The highest BCUT2D eigenvalue weighted by Gasteiger charge is 2.42. The average molecular weight is 262 g/mol. The number of morpholine rings is 1. The third-order valence-corrected chi connectivity index (χ3v) is 3.31. The number of hydrogen-bond acceptors (Lipinski definition) is 5. The number of hydrogen-bond donors (Lipinski definition) is 2. The molecule has 0 spiro atoms. The van der Waals surface area contributed by atoms with E-state index in [1.54, 1.807) is 10.0 Å². The summed E-state index contributed by atoms with van der Waals surface area (Å²) in [6.45, 7) is 1.24. The zero-order valence-electron chi connectivity index (χ0n) is 10.2. The number of aliphatic hydroxyl groups is 1. The van der Waals surface area contributed by atoms with Gasteiger partial charge in [-0.25, -0.2) is 4.79 Å². The Bertz CT molecular complexity index is 529. The van der Waals surface area contributed by atoms with E-state index in [9.17, 15) is 15.0 Å². The summed E-state index contributed by atoms with van der Waals surface area (Å²) in [5.74, 6) is -1.11. The van der Waals surface area contributed by atoms with Crippen LogP contribution in [0, 0.1) is 0 Å². The standard InChI is InChI=1S/C13H14N2O4/c16-12-11(13(17)18)10-8-19-7-6-14(10)15(12)9-4-2-1-3-5-9/h1-5,12,16H,6-8H2,(H,17,18). The number of ether oxygens (including phenoxy) is 1. The number of aliphatic hydroxyl groups excluding tert-OH is 1. The molecule has 100 valence electrons. The van der Waals surface area contributed by atoms with Crippen molar-refractivity contribution < 1.29 is 19.7 Å². The van der Waals surface area contributed by atoms with Gasteiger partial charge < -0.3 is 14.9 Å². The molecule has 1 aromatic carbocycles. The first kappa shape index (κ1) is 12.0. The Balaban J connectivity index is 2.03. The van der Waals surface area contributed by atoms with Crippen LogP contribution < -0.4 is 5.01 Å². The Morgan fingerprint density at radius 2 is 2.05 bits per heavy atom. The largest absolute Gasteiger partial charge is 0.478 e. The van der Waals surface area contributed by atoms with E-state index >= 15 is 0 Å². The smallest absolute Gasteiger partial charge is 0.338 e. The molecule has 2 aliphatic rings. The minimum absolute atomic E-state index is 0.0106. The lowest BCUT2D eigenvalue weighted by Gasteiger charge is -2.37. The van der Waals surface area contributed by atoms with E-state index in [2.05, 4.69) is 0 Å². The number of carbonyl (C=O) groups is 1. The molecule has 1 atom stereocenters. The van der Waals surface area contributed by atoms with Gasteiger partial charge in [0, 0.05) is 0 Å². The SMILES string of the molecule is O=C(O)C1=C2COCCN2N(c2ccccc2)C1O. The van der Waals surface area contributed by atoms with E-state index in [4.69, 9.17) is 4.74 Å². The number of carboxylic acids is 1. The van der Waals surface area contributed by atoms with Gasteiger partial charge in [0.05, 0.1) is 31.1 Å². The van der Waals surface area contributed by atoms with Crippen molar-refractivity contribution in [1.82, 2.24) is 5.01 Å². The van der Waals surface area contributed by atoms with E-state index < -0.39 is 12.2 Å². The molecule has 2 aliphatic heterocycles. The lowest BCUT2D eigenvalue weighted by Crippen LogP contribution is -2.47. The second-order valence-corrected chi connectivity index (χ2v) is 4.40. The van der Waals surface area contributed by atoms with Gasteiger partial charge in [0.1, 0.15) is 5.57 Å². The number of para-hydroxylation sites is 1. The molecule has 1 fully saturated rings. The summed E-state index contributed by atoms with van der Waals surface area (Å²) in [4.78, 5) is 11.3.